The number of benzene rings is 2. The van der Waals surface area contributed by atoms with Crippen molar-refractivity contribution in [3.63, 3.8) is 0 Å². The Hall–Kier alpha value is -2.41. The topological polar surface area (TPSA) is 61.9 Å². The first kappa shape index (κ1) is 19.9. The Kier molecular flexibility index (Phi) is 6.13. The van der Waals surface area contributed by atoms with Gasteiger partial charge in [-0.15, -0.1) is 0 Å². The van der Waals surface area contributed by atoms with Crippen LogP contribution in [0.4, 0.5) is 0 Å². The quantitative estimate of drug-likeness (QED) is 0.787. The minimum atomic E-state index is -0.623. The Balaban J connectivity index is 1.32. The zero-order valence-corrected chi connectivity index (χ0v) is 16.8. The number of nitrogens with one attached hydrogen (secondary N) is 1. The molecule has 2 amide bonds. The van der Waals surface area contributed by atoms with Gasteiger partial charge in [-0.3, -0.25) is 14.5 Å². The van der Waals surface area contributed by atoms with E-state index in [1.54, 1.807) is 4.90 Å². The van der Waals surface area contributed by atoms with Crippen LogP contribution in [-0.2, 0) is 27.5 Å². The first-order valence-corrected chi connectivity index (χ1v) is 10.2. The zero-order valence-electron chi connectivity index (χ0n) is 16.1. The van der Waals surface area contributed by atoms with Crippen LogP contribution in [0.5, 0.6) is 0 Å². The fourth-order valence-corrected chi connectivity index (χ4v) is 4.09. The molecule has 6 nitrogen and oxygen atoms in total. The van der Waals surface area contributed by atoms with Crippen molar-refractivity contribution in [2.24, 2.45) is 0 Å². The number of piperazine rings is 2. The van der Waals surface area contributed by atoms with Crippen LogP contribution in [0.2, 0.25) is 5.02 Å². The number of carbonyl (C=O) groups is 2. The third-order valence-electron chi connectivity index (χ3n) is 5.36. The third-order valence-corrected chi connectivity index (χ3v) is 5.59. The van der Waals surface area contributed by atoms with E-state index in [4.69, 9.17) is 16.3 Å². The Morgan fingerprint density at radius 1 is 1.03 bits per heavy atom. The molecule has 0 bridgehead atoms. The predicted octanol–water partition coefficient (Wildman–Crippen LogP) is 2.07. The molecule has 2 aliphatic rings. The average molecular weight is 414 g/mol. The lowest BCUT2D eigenvalue weighted by Crippen LogP contribution is -2.69. The molecule has 2 saturated heterocycles. The van der Waals surface area contributed by atoms with Gasteiger partial charge in [0.25, 0.3) is 0 Å². The molecule has 0 aromatic heterocycles. The monoisotopic (exact) mass is 413 g/mol. The summed E-state index contributed by atoms with van der Waals surface area (Å²) in [7, 11) is 0. The van der Waals surface area contributed by atoms with Crippen LogP contribution in [0, 0.1) is 0 Å². The van der Waals surface area contributed by atoms with Crippen molar-refractivity contribution in [3.8, 4) is 0 Å². The molecule has 29 heavy (non-hydrogen) atoms. The predicted molar refractivity (Wildman–Crippen MR) is 110 cm³/mol. The van der Waals surface area contributed by atoms with Gasteiger partial charge in [0, 0.05) is 31.2 Å². The molecular weight excluding hydrogens is 390 g/mol. The lowest BCUT2D eigenvalue weighted by molar-refractivity contribution is -0.155. The molecule has 2 aromatic carbocycles. The summed E-state index contributed by atoms with van der Waals surface area (Å²) < 4.78 is 5.68. The normalized spacial score (nSPS) is 22.3. The number of halogens is 1. The summed E-state index contributed by atoms with van der Waals surface area (Å²) in [5, 5.41) is 3.54. The van der Waals surface area contributed by atoms with Crippen molar-refractivity contribution in [2.45, 2.75) is 25.2 Å². The number of hydrogen-bond acceptors (Lipinski definition) is 4. The molecule has 1 N–H and O–H groups in total. The first-order chi connectivity index (χ1) is 14.1. The van der Waals surface area contributed by atoms with Crippen LogP contribution < -0.4 is 5.32 Å². The smallest absolute Gasteiger partial charge is 0.248 e. The second kappa shape index (κ2) is 8.95. The minimum Gasteiger partial charge on any atom is -0.374 e. The molecule has 7 heteroatoms. The molecule has 2 aromatic rings. The number of rotatable bonds is 6. The van der Waals surface area contributed by atoms with E-state index in [-0.39, 0.29) is 18.4 Å². The Bertz CT molecular complexity index is 877. The second-order valence-electron chi connectivity index (χ2n) is 7.47. The molecule has 0 saturated carbocycles. The van der Waals surface area contributed by atoms with Crippen LogP contribution in [0.15, 0.2) is 54.6 Å². The summed E-state index contributed by atoms with van der Waals surface area (Å²) in [4.78, 5) is 29.4. The maximum absolute atomic E-state index is 12.9. The lowest BCUT2D eigenvalue weighted by atomic mass is 10.0. The fraction of sp³-hybridized carbons (Fsp3) is 0.364. The highest BCUT2D eigenvalue weighted by Crippen LogP contribution is 2.19. The van der Waals surface area contributed by atoms with Gasteiger partial charge in [-0.1, -0.05) is 54.1 Å². The van der Waals surface area contributed by atoms with Crippen LogP contribution >= 0.6 is 11.6 Å². The van der Waals surface area contributed by atoms with Crippen molar-refractivity contribution in [3.05, 3.63) is 70.7 Å². The van der Waals surface area contributed by atoms with E-state index in [1.807, 2.05) is 54.6 Å². The molecule has 152 valence electrons. The molecule has 2 atom stereocenters. The number of ether oxygens (including phenoxy) is 1. The van der Waals surface area contributed by atoms with Crippen LogP contribution in [0.25, 0.3) is 0 Å². The average Bonchev–Trinajstić information content (AvgIpc) is 2.72. The summed E-state index contributed by atoms with van der Waals surface area (Å²) in [6.07, 6.45) is 0. The highest BCUT2D eigenvalue weighted by Gasteiger charge is 2.43. The summed E-state index contributed by atoms with van der Waals surface area (Å²) >= 11 is 6.06. The summed E-state index contributed by atoms with van der Waals surface area (Å²) in [6, 6.07) is 16.4. The van der Waals surface area contributed by atoms with Crippen molar-refractivity contribution in [2.75, 3.05) is 26.2 Å². The minimum absolute atomic E-state index is 0.0648. The van der Waals surface area contributed by atoms with E-state index < -0.39 is 12.1 Å². The zero-order chi connectivity index (χ0) is 20.2. The molecule has 0 radical (unpaired) electrons. The summed E-state index contributed by atoms with van der Waals surface area (Å²) in [5.74, 6) is -0.182. The highest BCUT2D eigenvalue weighted by molar-refractivity contribution is 6.30. The van der Waals surface area contributed by atoms with Gasteiger partial charge >= 0.3 is 0 Å². The van der Waals surface area contributed by atoms with E-state index in [0.717, 1.165) is 17.7 Å². The standard InChI is InChI=1S/C22H24ClN3O3/c23-18-8-4-7-17(11-18)12-25-9-10-26-20(13-25)21(27)24-19(22(26)28)15-29-14-16-5-2-1-3-6-16/h1-8,11,19-20H,9-10,12-15H2,(H,24,27)/t19-,20+/m0/s1. The number of carbonyl (C=O) groups excluding carboxylic acids is 2. The molecule has 2 aliphatic heterocycles. The molecule has 0 spiro atoms. The number of hydrogen-bond donors (Lipinski definition) is 1. The van der Waals surface area contributed by atoms with Crippen molar-refractivity contribution in [1.82, 2.24) is 15.1 Å². The fourth-order valence-electron chi connectivity index (χ4n) is 3.88. The van der Waals surface area contributed by atoms with Crippen LogP contribution in [-0.4, -0.2) is 59.9 Å². The van der Waals surface area contributed by atoms with Gasteiger partial charge in [0.2, 0.25) is 11.8 Å². The van der Waals surface area contributed by atoms with Gasteiger partial charge in [-0.2, -0.15) is 0 Å². The Morgan fingerprint density at radius 2 is 1.83 bits per heavy atom. The van der Waals surface area contributed by atoms with E-state index in [2.05, 4.69) is 10.2 Å². The van der Waals surface area contributed by atoms with Crippen molar-refractivity contribution in [1.29, 1.82) is 0 Å². The lowest BCUT2D eigenvalue weighted by Gasteiger charge is -2.45. The molecule has 0 aliphatic carbocycles. The van der Waals surface area contributed by atoms with Gasteiger partial charge in [0.1, 0.15) is 12.1 Å². The van der Waals surface area contributed by atoms with E-state index in [9.17, 15) is 9.59 Å². The number of amides is 2. The van der Waals surface area contributed by atoms with Gasteiger partial charge in [-0.25, -0.2) is 0 Å². The van der Waals surface area contributed by atoms with Crippen LogP contribution in [0.3, 0.4) is 0 Å². The highest BCUT2D eigenvalue weighted by atomic mass is 35.5. The maximum atomic E-state index is 12.9. The summed E-state index contributed by atoms with van der Waals surface area (Å²) in [6.45, 7) is 3.07. The van der Waals surface area contributed by atoms with Crippen molar-refractivity contribution >= 4 is 23.4 Å². The summed E-state index contributed by atoms with van der Waals surface area (Å²) in [5.41, 5.74) is 2.13. The van der Waals surface area contributed by atoms with E-state index >= 15 is 0 Å². The van der Waals surface area contributed by atoms with Crippen molar-refractivity contribution < 1.29 is 14.3 Å². The van der Waals surface area contributed by atoms with E-state index in [0.29, 0.717) is 31.3 Å². The van der Waals surface area contributed by atoms with E-state index in [1.165, 1.54) is 0 Å². The molecular formula is C22H24ClN3O3. The van der Waals surface area contributed by atoms with Gasteiger partial charge < -0.3 is 15.0 Å². The number of nitrogens with zero attached hydrogens (tertiary/aromatic N) is 2. The number of fused-ring (bicyclic) bond motifs is 1. The first-order valence-electron chi connectivity index (χ1n) is 9.79. The van der Waals surface area contributed by atoms with Crippen LogP contribution in [0.1, 0.15) is 11.1 Å². The largest absolute Gasteiger partial charge is 0.374 e. The molecule has 0 unspecified atom stereocenters. The second-order valence-corrected chi connectivity index (χ2v) is 7.91. The maximum Gasteiger partial charge on any atom is 0.248 e. The Morgan fingerprint density at radius 3 is 2.62 bits per heavy atom. The SMILES string of the molecule is O=C1N[C@@H](COCc2ccccc2)C(=O)N2CCN(Cc3cccc(Cl)c3)C[C@H]12. The Labute approximate surface area is 175 Å². The molecule has 2 fully saturated rings. The molecule has 4 rings (SSSR count). The van der Waals surface area contributed by atoms with Gasteiger partial charge in [0.05, 0.1) is 13.2 Å². The molecule has 2 heterocycles. The van der Waals surface area contributed by atoms with Gasteiger partial charge in [-0.05, 0) is 23.3 Å². The van der Waals surface area contributed by atoms with Gasteiger partial charge in [0.15, 0.2) is 0 Å². The third kappa shape index (κ3) is 4.78.